The lowest BCUT2D eigenvalue weighted by atomic mass is 10.2. The van der Waals surface area contributed by atoms with Gasteiger partial charge in [0.05, 0.1) is 0 Å². The van der Waals surface area contributed by atoms with Gasteiger partial charge in [-0.25, -0.2) is 0 Å². The molecular weight excluding hydrogens is 276 g/mol. The molecule has 0 aliphatic rings. The zero-order valence-electron chi connectivity index (χ0n) is 12.2. The first-order valence-electron chi connectivity index (χ1n) is 7.05. The fourth-order valence-corrected chi connectivity index (χ4v) is 2.13. The zero-order chi connectivity index (χ0) is 15.4. The van der Waals surface area contributed by atoms with Crippen molar-refractivity contribution in [2.45, 2.75) is 13.5 Å². The summed E-state index contributed by atoms with van der Waals surface area (Å²) in [4.78, 5) is 16.2. The third kappa shape index (κ3) is 3.03. The van der Waals surface area contributed by atoms with E-state index in [0.29, 0.717) is 18.3 Å². The number of benzene rings is 2. The Bertz CT molecular complexity index is 766. The van der Waals surface area contributed by atoms with E-state index in [1.165, 1.54) is 11.6 Å². The molecule has 1 N–H and O–H groups in total. The van der Waals surface area contributed by atoms with Crippen LogP contribution in [0.15, 0.2) is 60.7 Å². The third-order valence-electron chi connectivity index (χ3n) is 3.23. The Morgan fingerprint density at radius 2 is 1.68 bits per heavy atom. The summed E-state index contributed by atoms with van der Waals surface area (Å²) in [6.45, 7) is 2.05. The highest BCUT2D eigenvalue weighted by Crippen LogP contribution is 2.17. The third-order valence-corrected chi connectivity index (χ3v) is 3.23. The topological polar surface area (TPSA) is 59.8 Å². The maximum Gasteiger partial charge on any atom is 0.246 e. The van der Waals surface area contributed by atoms with Gasteiger partial charge >= 0.3 is 0 Å². The molecule has 3 aromatic rings. The van der Waals surface area contributed by atoms with Gasteiger partial charge in [0.1, 0.15) is 0 Å². The molecule has 0 saturated heterocycles. The molecule has 0 aliphatic carbocycles. The monoisotopic (exact) mass is 292 g/mol. The van der Waals surface area contributed by atoms with E-state index in [9.17, 15) is 4.79 Å². The van der Waals surface area contributed by atoms with Crippen molar-refractivity contribution in [3.8, 4) is 11.4 Å². The van der Waals surface area contributed by atoms with Gasteiger partial charge in [0.2, 0.25) is 11.9 Å². The molecule has 0 spiro atoms. The standard InChI is InChI=1S/C17H16N4O/c1-13(22)21-17(18-12-14-8-4-2-5-9-14)19-16(20-21)15-10-6-3-7-11-15/h2-11H,12H2,1H3,(H,18,19,20). The second kappa shape index (κ2) is 6.22. The van der Waals surface area contributed by atoms with Gasteiger partial charge in [-0.1, -0.05) is 60.7 Å². The minimum absolute atomic E-state index is 0.176. The van der Waals surface area contributed by atoms with Crippen LogP contribution in [0, 0.1) is 0 Å². The maximum absolute atomic E-state index is 11.7. The lowest BCUT2D eigenvalue weighted by Crippen LogP contribution is -2.13. The molecule has 0 fully saturated rings. The van der Waals surface area contributed by atoms with Crippen LogP contribution in [0.4, 0.5) is 5.95 Å². The van der Waals surface area contributed by atoms with Crippen LogP contribution in [0.3, 0.4) is 0 Å². The normalized spacial score (nSPS) is 10.4. The summed E-state index contributed by atoms with van der Waals surface area (Å²) in [5, 5.41) is 7.46. The van der Waals surface area contributed by atoms with Crippen molar-refractivity contribution in [2.75, 3.05) is 5.32 Å². The van der Waals surface area contributed by atoms with E-state index in [1.54, 1.807) is 0 Å². The van der Waals surface area contributed by atoms with E-state index >= 15 is 0 Å². The second-order valence-electron chi connectivity index (χ2n) is 4.90. The van der Waals surface area contributed by atoms with Crippen LogP contribution in [0.2, 0.25) is 0 Å². The Balaban J connectivity index is 1.86. The fourth-order valence-electron chi connectivity index (χ4n) is 2.13. The highest BCUT2D eigenvalue weighted by molar-refractivity contribution is 5.79. The number of hydrogen-bond donors (Lipinski definition) is 1. The largest absolute Gasteiger partial charge is 0.350 e. The van der Waals surface area contributed by atoms with Crippen LogP contribution in [0.1, 0.15) is 17.3 Å². The van der Waals surface area contributed by atoms with Crippen LogP contribution >= 0.6 is 0 Å². The Hall–Kier alpha value is -2.95. The number of nitrogens with one attached hydrogen (secondary N) is 1. The average Bonchev–Trinajstić information content (AvgIpc) is 2.99. The molecule has 3 rings (SSSR count). The van der Waals surface area contributed by atoms with Crippen LogP contribution in [-0.4, -0.2) is 20.7 Å². The van der Waals surface area contributed by atoms with Crippen LogP contribution in [0.5, 0.6) is 0 Å². The first kappa shape index (κ1) is 14.0. The Labute approximate surface area is 128 Å². The molecule has 0 radical (unpaired) electrons. The predicted molar refractivity (Wildman–Crippen MR) is 85.5 cm³/mol. The summed E-state index contributed by atoms with van der Waals surface area (Å²) in [5.74, 6) is 0.812. The zero-order valence-corrected chi connectivity index (χ0v) is 12.2. The van der Waals surface area contributed by atoms with Crippen molar-refractivity contribution in [2.24, 2.45) is 0 Å². The summed E-state index contributed by atoms with van der Waals surface area (Å²) < 4.78 is 1.30. The summed E-state index contributed by atoms with van der Waals surface area (Å²) in [5.41, 5.74) is 1.99. The van der Waals surface area contributed by atoms with Gasteiger partial charge < -0.3 is 5.32 Å². The van der Waals surface area contributed by atoms with Gasteiger partial charge in [0, 0.05) is 19.0 Å². The molecule has 5 nitrogen and oxygen atoms in total. The molecule has 1 heterocycles. The number of anilines is 1. The fraction of sp³-hybridized carbons (Fsp3) is 0.118. The smallest absolute Gasteiger partial charge is 0.246 e. The SMILES string of the molecule is CC(=O)n1nc(-c2ccccc2)nc1NCc1ccccc1. The van der Waals surface area contributed by atoms with Crippen molar-refractivity contribution < 1.29 is 4.79 Å². The van der Waals surface area contributed by atoms with E-state index in [-0.39, 0.29) is 5.91 Å². The number of hydrogen-bond acceptors (Lipinski definition) is 4. The maximum atomic E-state index is 11.7. The summed E-state index contributed by atoms with van der Waals surface area (Å²) in [7, 11) is 0. The number of carbonyl (C=O) groups is 1. The van der Waals surface area contributed by atoms with Crippen molar-refractivity contribution in [1.82, 2.24) is 14.8 Å². The number of carbonyl (C=O) groups excluding carboxylic acids is 1. The predicted octanol–water partition coefficient (Wildman–Crippen LogP) is 3.22. The summed E-state index contributed by atoms with van der Waals surface area (Å²) in [6, 6.07) is 19.5. The Kier molecular flexibility index (Phi) is 3.96. The van der Waals surface area contributed by atoms with Crippen molar-refractivity contribution in [3.05, 3.63) is 66.2 Å². The Morgan fingerprint density at radius 3 is 2.32 bits per heavy atom. The molecule has 2 aromatic carbocycles. The highest BCUT2D eigenvalue weighted by atomic mass is 16.2. The molecule has 0 atom stereocenters. The van der Waals surface area contributed by atoms with Gasteiger partial charge in [0.25, 0.3) is 0 Å². The number of aromatic nitrogens is 3. The molecule has 110 valence electrons. The molecule has 0 bridgehead atoms. The summed E-state index contributed by atoms with van der Waals surface area (Å²) >= 11 is 0. The van der Waals surface area contributed by atoms with E-state index in [0.717, 1.165) is 11.1 Å². The van der Waals surface area contributed by atoms with E-state index in [4.69, 9.17) is 0 Å². The minimum atomic E-state index is -0.176. The Morgan fingerprint density at radius 1 is 1.05 bits per heavy atom. The van der Waals surface area contributed by atoms with Gasteiger partial charge in [-0.2, -0.15) is 9.67 Å². The minimum Gasteiger partial charge on any atom is -0.350 e. The summed E-state index contributed by atoms with van der Waals surface area (Å²) in [6.07, 6.45) is 0. The molecule has 1 aromatic heterocycles. The van der Waals surface area contributed by atoms with Crippen molar-refractivity contribution >= 4 is 11.9 Å². The molecule has 0 aliphatic heterocycles. The van der Waals surface area contributed by atoms with Gasteiger partial charge in [-0.15, -0.1) is 5.10 Å². The second-order valence-corrected chi connectivity index (χ2v) is 4.90. The highest BCUT2D eigenvalue weighted by Gasteiger charge is 2.14. The molecule has 22 heavy (non-hydrogen) atoms. The quantitative estimate of drug-likeness (QED) is 0.802. The van der Waals surface area contributed by atoms with Gasteiger partial charge in [-0.05, 0) is 5.56 Å². The molecular formula is C17H16N4O. The molecule has 0 saturated carbocycles. The molecule has 5 heteroatoms. The van der Waals surface area contributed by atoms with Gasteiger partial charge in [-0.3, -0.25) is 4.79 Å². The first-order valence-corrected chi connectivity index (χ1v) is 7.05. The lowest BCUT2D eigenvalue weighted by molar-refractivity contribution is 0.0924. The van der Waals surface area contributed by atoms with Crippen molar-refractivity contribution in [1.29, 1.82) is 0 Å². The lowest BCUT2D eigenvalue weighted by Gasteiger charge is -2.05. The number of nitrogens with zero attached hydrogens (tertiary/aromatic N) is 3. The average molecular weight is 292 g/mol. The van der Waals surface area contributed by atoms with Gasteiger partial charge in [0.15, 0.2) is 5.82 Å². The van der Waals surface area contributed by atoms with E-state index in [2.05, 4.69) is 15.4 Å². The van der Waals surface area contributed by atoms with E-state index < -0.39 is 0 Å². The number of rotatable bonds is 4. The van der Waals surface area contributed by atoms with Crippen LogP contribution < -0.4 is 5.32 Å². The molecule has 0 unspecified atom stereocenters. The molecule has 0 amide bonds. The van der Waals surface area contributed by atoms with Crippen LogP contribution in [-0.2, 0) is 6.54 Å². The van der Waals surface area contributed by atoms with Crippen LogP contribution in [0.25, 0.3) is 11.4 Å². The van der Waals surface area contributed by atoms with E-state index in [1.807, 2.05) is 60.7 Å². The van der Waals surface area contributed by atoms with Crippen molar-refractivity contribution in [3.63, 3.8) is 0 Å². The first-order chi connectivity index (χ1) is 10.7.